The quantitative estimate of drug-likeness (QED) is 0.716. The van der Waals surface area contributed by atoms with Crippen molar-refractivity contribution in [3.63, 3.8) is 0 Å². The number of tetrazole rings is 1. The van der Waals surface area contributed by atoms with Gasteiger partial charge in [0.2, 0.25) is 0 Å². The summed E-state index contributed by atoms with van der Waals surface area (Å²) in [7, 11) is 1.79. The van der Waals surface area contributed by atoms with Crippen LogP contribution in [0.25, 0.3) is 0 Å². The molecule has 0 aliphatic carbocycles. The van der Waals surface area contributed by atoms with E-state index < -0.39 is 0 Å². The molecule has 6 heteroatoms. The van der Waals surface area contributed by atoms with E-state index >= 15 is 0 Å². The summed E-state index contributed by atoms with van der Waals surface area (Å²) in [4.78, 5) is 3.92. The Morgan fingerprint density at radius 1 is 1.38 bits per heavy atom. The standard InChI is InChI=1S/C10H20BrN5/c1-4-9(5-2)16(7-6-11)8-10-12-14-15(3)13-10/h9H,4-8H2,1-3H3. The molecule has 0 aliphatic heterocycles. The molecule has 0 amide bonds. The Bertz CT molecular complexity index is 297. The number of halogens is 1. The Morgan fingerprint density at radius 2 is 2.06 bits per heavy atom. The first kappa shape index (κ1) is 13.6. The van der Waals surface area contributed by atoms with E-state index in [1.165, 1.54) is 4.80 Å². The second-order valence-corrected chi connectivity index (χ2v) is 4.62. The third-order valence-corrected chi connectivity index (χ3v) is 3.08. The van der Waals surface area contributed by atoms with Crippen molar-refractivity contribution in [3.8, 4) is 0 Å². The van der Waals surface area contributed by atoms with E-state index in [2.05, 4.69) is 50.1 Å². The molecule has 0 fully saturated rings. The topological polar surface area (TPSA) is 46.8 Å². The second kappa shape index (κ2) is 6.96. The number of aryl methyl sites for hydroxylation is 1. The van der Waals surface area contributed by atoms with Crippen molar-refractivity contribution in [1.82, 2.24) is 25.1 Å². The fraction of sp³-hybridized carbons (Fsp3) is 0.900. The average Bonchev–Trinajstić information content (AvgIpc) is 2.66. The van der Waals surface area contributed by atoms with E-state index in [1.54, 1.807) is 7.05 Å². The highest BCUT2D eigenvalue weighted by Gasteiger charge is 2.16. The van der Waals surface area contributed by atoms with Crippen LogP contribution >= 0.6 is 15.9 Å². The molecule has 16 heavy (non-hydrogen) atoms. The molecule has 0 atom stereocenters. The van der Waals surface area contributed by atoms with Crippen molar-refractivity contribution in [2.24, 2.45) is 7.05 Å². The van der Waals surface area contributed by atoms with Gasteiger partial charge in [-0.1, -0.05) is 29.8 Å². The van der Waals surface area contributed by atoms with Crippen LogP contribution in [0.3, 0.4) is 0 Å². The van der Waals surface area contributed by atoms with Gasteiger partial charge in [0.05, 0.1) is 13.6 Å². The van der Waals surface area contributed by atoms with E-state index in [0.717, 1.165) is 37.1 Å². The van der Waals surface area contributed by atoms with Crippen LogP contribution in [-0.4, -0.2) is 43.0 Å². The van der Waals surface area contributed by atoms with Gasteiger partial charge >= 0.3 is 0 Å². The van der Waals surface area contributed by atoms with E-state index in [1.807, 2.05) is 0 Å². The molecule has 1 aromatic rings. The van der Waals surface area contributed by atoms with Crippen LogP contribution in [0.5, 0.6) is 0 Å². The first-order valence-electron chi connectivity index (χ1n) is 5.74. The van der Waals surface area contributed by atoms with E-state index in [9.17, 15) is 0 Å². The summed E-state index contributed by atoms with van der Waals surface area (Å²) in [5.41, 5.74) is 0. The van der Waals surface area contributed by atoms with Crippen LogP contribution < -0.4 is 0 Å². The molecule has 0 saturated heterocycles. The van der Waals surface area contributed by atoms with Gasteiger partial charge in [-0.25, -0.2) is 0 Å². The van der Waals surface area contributed by atoms with Crippen LogP contribution in [0.15, 0.2) is 0 Å². The summed E-state index contributed by atoms with van der Waals surface area (Å²) in [6.07, 6.45) is 2.31. The zero-order valence-corrected chi connectivity index (χ0v) is 11.8. The molecular formula is C10H20BrN5. The SMILES string of the molecule is CCC(CC)N(CCBr)Cc1nnn(C)n1. The number of hydrogen-bond acceptors (Lipinski definition) is 4. The molecule has 1 rings (SSSR count). The smallest absolute Gasteiger partial charge is 0.188 e. The predicted octanol–water partition coefficient (Wildman–Crippen LogP) is 1.60. The van der Waals surface area contributed by atoms with E-state index in [-0.39, 0.29) is 0 Å². The fourth-order valence-electron chi connectivity index (χ4n) is 1.87. The molecule has 1 aromatic heterocycles. The maximum atomic E-state index is 4.22. The first-order chi connectivity index (χ1) is 7.71. The van der Waals surface area contributed by atoms with Gasteiger partial charge in [0.25, 0.3) is 0 Å². The lowest BCUT2D eigenvalue weighted by molar-refractivity contribution is 0.184. The zero-order valence-electron chi connectivity index (χ0n) is 10.2. The highest BCUT2D eigenvalue weighted by molar-refractivity contribution is 9.09. The molecule has 1 heterocycles. The Morgan fingerprint density at radius 3 is 2.50 bits per heavy atom. The van der Waals surface area contributed by atoms with Gasteiger partial charge in [-0.2, -0.15) is 4.80 Å². The molecule has 0 radical (unpaired) electrons. The minimum atomic E-state index is 0.598. The van der Waals surface area contributed by atoms with Gasteiger partial charge in [0.1, 0.15) is 0 Å². The fourth-order valence-corrected chi connectivity index (χ4v) is 2.33. The summed E-state index contributed by atoms with van der Waals surface area (Å²) < 4.78 is 0. The van der Waals surface area contributed by atoms with Crippen LogP contribution in [0, 0.1) is 0 Å². The van der Waals surface area contributed by atoms with Gasteiger partial charge in [0.15, 0.2) is 5.82 Å². The molecule has 92 valence electrons. The van der Waals surface area contributed by atoms with Crippen LogP contribution in [0.1, 0.15) is 32.5 Å². The van der Waals surface area contributed by atoms with Crippen LogP contribution in [-0.2, 0) is 13.6 Å². The molecule has 0 aliphatic rings. The predicted molar refractivity (Wildman–Crippen MR) is 67.4 cm³/mol. The maximum Gasteiger partial charge on any atom is 0.188 e. The van der Waals surface area contributed by atoms with Gasteiger partial charge in [0, 0.05) is 17.9 Å². The average molecular weight is 290 g/mol. The molecule has 0 bridgehead atoms. The van der Waals surface area contributed by atoms with Crippen molar-refractivity contribution in [3.05, 3.63) is 5.82 Å². The molecular weight excluding hydrogens is 270 g/mol. The lowest BCUT2D eigenvalue weighted by Crippen LogP contribution is -2.35. The van der Waals surface area contributed by atoms with Crippen molar-refractivity contribution >= 4 is 15.9 Å². The van der Waals surface area contributed by atoms with Gasteiger partial charge in [-0.05, 0) is 18.1 Å². The van der Waals surface area contributed by atoms with Crippen LogP contribution in [0.4, 0.5) is 0 Å². The third kappa shape index (κ3) is 3.83. The molecule has 0 N–H and O–H groups in total. The highest BCUT2D eigenvalue weighted by atomic mass is 79.9. The highest BCUT2D eigenvalue weighted by Crippen LogP contribution is 2.11. The van der Waals surface area contributed by atoms with Crippen molar-refractivity contribution in [2.75, 3.05) is 11.9 Å². The third-order valence-electron chi connectivity index (χ3n) is 2.72. The number of nitrogens with zero attached hydrogens (tertiary/aromatic N) is 5. The summed E-state index contributed by atoms with van der Waals surface area (Å²) in [5.74, 6) is 0.801. The zero-order chi connectivity index (χ0) is 12.0. The maximum absolute atomic E-state index is 4.22. The summed E-state index contributed by atoms with van der Waals surface area (Å²) >= 11 is 3.49. The minimum absolute atomic E-state index is 0.598. The number of rotatable bonds is 7. The summed E-state index contributed by atoms with van der Waals surface area (Å²) in [6, 6.07) is 0.598. The Labute approximate surface area is 105 Å². The van der Waals surface area contributed by atoms with Crippen molar-refractivity contribution in [2.45, 2.75) is 39.3 Å². The van der Waals surface area contributed by atoms with Gasteiger partial charge in [-0.15, -0.1) is 10.2 Å². The second-order valence-electron chi connectivity index (χ2n) is 3.82. The number of hydrogen-bond donors (Lipinski definition) is 0. The lowest BCUT2D eigenvalue weighted by Gasteiger charge is -2.28. The summed E-state index contributed by atoms with van der Waals surface area (Å²) in [6.45, 7) is 6.25. The molecule has 0 saturated carbocycles. The molecule has 0 aromatic carbocycles. The lowest BCUT2D eigenvalue weighted by atomic mass is 10.1. The van der Waals surface area contributed by atoms with Gasteiger partial charge in [-0.3, -0.25) is 4.90 Å². The Balaban J connectivity index is 2.63. The molecule has 5 nitrogen and oxygen atoms in total. The summed E-state index contributed by atoms with van der Waals surface area (Å²) in [5, 5.41) is 13.1. The first-order valence-corrected chi connectivity index (χ1v) is 6.86. The monoisotopic (exact) mass is 289 g/mol. The van der Waals surface area contributed by atoms with Gasteiger partial charge < -0.3 is 0 Å². The molecule has 0 unspecified atom stereocenters. The van der Waals surface area contributed by atoms with Crippen molar-refractivity contribution < 1.29 is 0 Å². The molecule has 0 spiro atoms. The normalized spacial score (nSPS) is 11.6. The van der Waals surface area contributed by atoms with Crippen LogP contribution in [0.2, 0.25) is 0 Å². The minimum Gasteiger partial charge on any atom is -0.292 e. The Hall–Kier alpha value is -0.490. The number of aromatic nitrogens is 4. The largest absolute Gasteiger partial charge is 0.292 e. The Kier molecular flexibility index (Phi) is 5.90. The van der Waals surface area contributed by atoms with E-state index in [0.29, 0.717) is 6.04 Å². The number of alkyl halides is 1. The van der Waals surface area contributed by atoms with Crippen molar-refractivity contribution in [1.29, 1.82) is 0 Å². The van der Waals surface area contributed by atoms with E-state index in [4.69, 9.17) is 0 Å².